The molecule has 0 spiro atoms. The summed E-state index contributed by atoms with van der Waals surface area (Å²) in [5, 5.41) is 19.4. The molecule has 8 heteroatoms. The van der Waals surface area contributed by atoms with Crippen LogP contribution in [0.1, 0.15) is 18.9 Å². The molecule has 1 saturated carbocycles. The van der Waals surface area contributed by atoms with Gasteiger partial charge in [0.25, 0.3) is 0 Å². The first-order chi connectivity index (χ1) is 8.58. The van der Waals surface area contributed by atoms with Gasteiger partial charge in [-0.2, -0.15) is 14.4 Å². The summed E-state index contributed by atoms with van der Waals surface area (Å²) in [6.07, 6.45) is -0.150. The molecule has 1 aliphatic carbocycles. The molecule has 18 heavy (non-hydrogen) atoms. The van der Waals surface area contributed by atoms with Crippen LogP contribution in [0.4, 0.5) is 10.2 Å². The van der Waals surface area contributed by atoms with E-state index in [2.05, 4.69) is 15.0 Å². The number of nitrogens with zero attached hydrogens (tertiary/aromatic N) is 4. The third kappa shape index (κ3) is 1.53. The number of rotatable bonds is 1. The van der Waals surface area contributed by atoms with Crippen LogP contribution in [0.3, 0.4) is 0 Å². The molecule has 3 rings (SSSR count). The van der Waals surface area contributed by atoms with E-state index in [1.54, 1.807) is 0 Å². The topological polar surface area (TPSA) is 110 Å². The minimum absolute atomic E-state index is 0.0377. The molecule has 2 heterocycles. The van der Waals surface area contributed by atoms with E-state index in [0.717, 1.165) is 0 Å². The van der Waals surface area contributed by atoms with Crippen molar-refractivity contribution in [3.63, 3.8) is 0 Å². The first-order valence-electron chi connectivity index (χ1n) is 5.59. The molecule has 4 N–H and O–H groups in total. The van der Waals surface area contributed by atoms with Crippen LogP contribution in [0.2, 0.25) is 0 Å². The number of aliphatic hydroxyl groups excluding tert-OH is 2. The first kappa shape index (κ1) is 11.3. The van der Waals surface area contributed by atoms with Crippen molar-refractivity contribution in [2.75, 3.05) is 5.73 Å². The average molecular weight is 253 g/mol. The molecule has 0 aromatic carbocycles. The Kier molecular flexibility index (Phi) is 2.42. The Morgan fingerprint density at radius 3 is 2.78 bits per heavy atom. The smallest absolute Gasteiger partial charge is 0.312 e. The predicted octanol–water partition coefficient (Wildman–Crippen LogP) is -0.396. The highest BCUT2D eigenvalue weighted by Gasteiger charge is 2.35. The predicted molar refractivity (Wildman–Crippen MR) is 60.0 cm³/mol. The van der Waals surface area contributed by atoms with Crippen molar-refractivity contribution in [3.8, 4) is 0 Å². The second-order valence-corrected chi connectivity index (χ2v) is 4.40. The number of anilines is 1. The van der Waals surface area contributed by atoms with Crippen LogP contribution in [-0.2, 0) is 0 Å². The maximum absolute atomic E-state index is 13.2. The van der Waals surface area contributed by atoms with Crippen LogP contribution in [0.25, 0.3) is 11.2 Å². The van der Waals surface area contributed by atoms with E-state index in [1.165, 1.54) is 10.9 Å². The van der Waals surface area contributed by atoms with Gasteiger partial charge >= 0.3 is 6.08 Å². The second-order valence-electron chi connectivity index (χ2n) is 4.40. The number of nitrogen functional groups attached to an aromatic ring is 1. The lowest BCUT2D eigenvalue weighted by molar-refractivity contribution is 0.0241. The zero-order chi connectivity index (χ0) is 12.9. The van der Waals surface area contributed by atoms with Gasteiger partial charge in [0.05, 0.1) is 18.5 Å². The highest BCUT2D eigenvalue weighted by Crippen LogP contribution is 2.32. The number of hydrogen-bond acceptors (Lipinski definition) is 6. The van der Waals surface area contributed by atoms with Gasteiger partial charge in [-0.3, -0.25) is 0 Å². The molecule has 96 valence electrons. The fourth-order valence-corrected chi connectivity index (χ4v) is 2.40. The summed E-state index contributed by atoms with van der Waals surface area (Å²) in [6, 6.07) is -0.376. The summed E-state index contributed by atoms with van der Waals surface area (Å²) in [5.41, 5.74) is 6.08. The lowest BCUT2D eigenvalue weighted by Gasteiger charge is -2.18. The molecular weight excluding hydrogens is 241 g/mol. The number of fused-ring (bicyclic) bond motifs is 1. The van der Waals surface area contributed by atoms with E-state index < -0.39 is 18.3 Å². The number of aliphatic hydroxyl groups is 2. The maximum atomic E-state index is 13.2. The summed E-state index contributed by atoms with van der Waals surface area (Å²) in [4.78, 5) is 11.1. The van der Waals surface area contributed by atoms with Gasteiger partial charge in [-0.05, 0) is 12.8 Å². The van der Waals surface area contributed by atoms with Crippen molar-refractivity contribution in [2.45, 2.75) is 31.1 Å². The molecule has 1 fully saturated rings. The van der Waals surface area contributed by atoms with Gasteiger partial charge in [0, 0.05) is 0 Å². The SMILES string of the molecule is Nc1nc(F)nc2c1ncn2[C@@H]1CC[C@@H](O)[C@H]1O. The van der Waals surface area contributed by atoms with Gasteiger partial charge in [0.15, 0.2) is 11.5 Å². The second kappa shape index (κ2) is 3.85. The van der Waals surface area contributed by atoms with E-state index in [-0.39, 0.29) is 17.5 Å². The lowest BCUT2D eigenvalue weighted by Crippen LogP contribution is -2.27. The van der Waals surface area contributed by atoms with Crippen molar-refractivity contribution in [1.82, 2.24) is 19.5 Å². The van der Waals surface area contributed by atoms with E-state index in [4.69, 9.17) is 5.73 Å². The molecule has 2 aromatic heterocycles. The van der Waals surface area contributed by atoms with Crippen LogP contribution in [0.5, 0.6) is 0 Å². The standard InChI is InChI=1S/C10H12FN5O2/c11-10-14-8(12)6-9(15-10)16(3-13-6)4-1-2-5(17)7(4)18/h3-5,7,17-18H,1-2H2,(H2,12,14,15)/t4-,5-,7+/m1/s1. The number of nitrogens with two attached hydrogens (primary N) is 1. The first-order valence-corrected chi connectivity index (χ1v) is 5.59. The summed E-state index contributed by atoms with van der Waals surface area (Å²) < 4.78 is 14.7. The van der Waals surface area contributed by atoms with Crippen LogP contribution in [0, 0.1) is 6.08 Å². The van der Waals surface area contributed by atoms with Gasteiger partial charge < -0.3 is 20.5 Å². The van der Waals surface area contributed by atoms with Gasteiger partial charge in [0.1, 0.15) is 11.6 Å². The summed E-state index contributed by atoms with van der Waals surface area (Å²) in [6.45, 7) is 0. The molecule has 3 atom stereocenters. The zero-order valence-corrected chi connectivity index (χ0v) is 9.36. The summed E-state index contributed by atoms with van der Waals surface area (Å²) in [7, 11) is 0. The molecular formula is C10H12FN5O2. The van der Waals surface area contributed by atoms with Gasteiger partial charge in [0.2, 0.25) is 0 Å². The monoisotopic (exact) mass is 253 g/mol. The fourth-order valence-electron chi connectivity index (χ4n) is 2.40. The van der Waals surface area contributed by atoms with Crippen LogP contribution >= 0.6 is 0 Å². The van der Waals surface area contributed by atoms with E-state index in [0.29, 0.717) is 18.4 Å². The molecule has 0 amide bonds. The van der Waals surface area contributed by atoms with Crippen molar-refractivity contribution >= 4 is 17.0 Å². The average Bonchev–Trinajstić information content (AvgIpc) is 2.85. The fraction of sp³-hybridized carbons (Fsp3) is 0.500. The Hall–Kier alpha value is -1.80. The Morgan fingerprint density at radius 1 is 1.33 bits per heavy atom. The third-order valence-corrected chi connectivity index (χ3v) is 3.33. The largest absolute Gasteiger partial charge is 0.390 e. The lowest BCUT2D eigenvalue weighted by atomic mass is 10.2. The third-order valence-electron chi connectivity index (χ3n) is 3.33. The Morgan fingerprint density at radius 2 is 2.11 bits per heavy atom. The molecule has 7 nitrogen and oxygen atoms in total. The molecule has 0 saturated heterocycles. The van der Waals surface area contributed by atoms with Crippen molar-refractivity contribution < 1.29 is 14.6 Å². The number of halogens is 1. The highest BCUT2D eigenvalue weighted by molar-refractivity contribution is 5.81. The minimum atomic E-state index is -0.935. The normalized spacial score (nSPS) is 28.1. The van der Waals surface area contributed by atoms with Crippen LogP contribution < -0.4 is 5.73 Å². The molecule has 1 aliphatic rings. The summed E-state index contributed by atoms with van der Waals surface area (Å²) >= 11 is 0. The molecule has 0 unspecified atom stereocenters. The van der Waals surface area contributed by atoms with E-state index >= 15 is 0 Å². The minimum Gasteiger partial charge on any atom is -0.390 e. The molecule has 0 bridgehead atoms. The Balaban J connectivity index is 2.13. The van der Waals surface area contributed by atoms with Crippen LogP contribution in [0.15, 0.2) is 6.33 Å². The van der Waals surface area contributed by atoms with Crippen molar-refractivity contribution in [1.29, 1.82) is 0 Å². The number of aromatic nitrogens is 4. The van der Waals surface area contributed by atoms with Gasteiger partial charge in [-0.15, -0.1) is 0 Å². The maximum Gasteiger partial charge on any atom is 0.312 e. The van der Waals surface area contributed by atoms with Crippen molar-refractivity contribution in [2.24, 2.45) is 0 Å². The molecule has 2 aromatic rings. The highest BCUT2D eigenvalue weighted by atomic mass is 19.1. The Bertz CT molecular complexity index is 601. The van der Waals surface area contributed by atoms with Crippen molar-refractivity contribution in [3.05, 3.63) is 12.4 Å². The Labute approximate surface area is 101 Å². The number of hydrogen-bond donors (Lipinski definition) is 3. The van der Waals surface area contributed by atoms with Crippen LogP contribution in [-0.4, -0.2) is 41.9 Å². The quantitative estimate of drug-likeness (QED) is 0.597. The molecule has 0 radical (unpaired) electrons. The zero-order valence-electron chi connectivity index (χ0n) is 9.36. The van der Waals surface area contributed by atoms with Gasteiger partial charge in [-0.1, -0.05) is 0 Å². The van der Waals surface area contributed by atoms with E-state index in [1.807, 2.05) is 0 Å². The molecule has 0 aliphatic heterocycles. The van der Waals surface area contributed by atoms with Gasteiger partial charge in [-0.25, -0.2) is 4.98 Å². The van der Waals surface area contributed by atoms with E-state index in [9.17, 15) is 14.6 Å². The number of imidazole rings is 1. The summed E-state index contributed by atoms with van der Waals surface area (Å²) in [5.74, 6) is -0.0377.